The summed E-state index contributed by atoms with van der Waals surface area (Å²) in [6.07, 6.45) is 4.86. The molecule has 3 rings (SSSR count). The Labute approximate surface area is 180 Å². The summed E-state index contributed by atoms with van der Waals surface area (Å²) in [5, 5.41) is 6.31. The van der Waals surface area contributed by atoms with Crippen LogP contribution in [0.3, 0.4) is 0 Å². The zero-order valence-electron chi connectivity index (χ0n) is 18.4. The molecule has 7 heteroatoms. The van der Waals surface area contributed by atoms with Crippen molar-refractivity contribution in [1.29, 1.82) is 0 Å². The third-order valence-electron chi connectivity index (χ3n) is 5.43. The van der Waals surface area contributed by atoms with Gasteiger partial charge < -0.3 is 25.0 Å². The molecular formula is C23H36N4O3. The van der Waals surface area contributed by atoms with Crippen molar-refractivity contribution in [3.8, 4) is 0 Å². The molecule has 1 aromatic rings. The predicted molar refractivity (Wildman–Crippen MR) is 119 cm³/mol. The van der Waals surface area contributed by atoms with Gasteiger partial charge in [-0.05, 0) is 56.2 Å². The number of benzene rings is 1. The van der Waals surface area contributed by atoms with Crippen molar-refractivity contribution >= 4 is 11.9 Å². The first kappa shape index (κ1) is 22.6. The highest BCUT2D eigenvalue weighted by Gasteiger charge is 2.21. The van der Waals surface area contributed by atoms with Gasteiger partial charge in [-0.25, -0.2) is 4.99 Å². The molecule has 1 aliphatic carbocycles. The molecule has 1 aliphatic heterocycles. The monoisotopic (exact) mass is 416 g/mol. The summed E-state index contributed by atoms with van der Waals surface area (Å²) in [7, 11) is 2.02. The third kappa shape index (κ3) is 7.61. The van der Waals surface area contributed by atoms with Crippen LogP contribution in [0.1, 0.15) is 48.5 Å². The molecule has 1 unspecified atom stereocenters. The minimum absolute atomic E-state index is 0.0619. The van der Waals surface area contributed by atoms with Crippen LogP contribution in [0.5, 0.6) is 0 Å². The van der Waals surface area contributed by atoms with E-state index in [9.17, 15) is 4.79 Å². The van der Waals surface area contributed by atoms with E-state index in [1.165, 1.54) is 12.8 Å². The molecule has 7 nitrogen and oxygen atoms in total. The van der Waals surface area contributed by atoms with E-state index >= 15 is 0 Å². The maximum absolute atomic E-state index is 12.5. The lowest BCUT2D eigenvalue weighted by Crippen LogP contribution is -2.40. The molecule has 1 aromatic carbocycles. The first-order chi connectivity index (χ1) is 14.7. The van der Waals surface area contributed by atoms with Gasteiger partial charge in [0.05, 0.1) is 19.3 Å². The smallest absolute Gasteiger partial charge is 0.251 e. The molecule has 0 bridgehead atoms. The quantitative estimate of drug-likeness (QED) is 0.329. The zero-order valence-corrected chi connectivity index (χ0v) is 18.4. The Morgan fingerprint density at radius 3 is 2.90 bits per heavy atom. The van der Waals surface area contributed by atoms with Crippen LogP contribution in [0, 0.1) is 5.92 Å². The molecule has 0 spiro atoms. The average molecular weight is 417 g/mol. The number of carbonyl (C=O) groups is 1. The topological polar surface area (TPSA) is 75.2 Å². The van der Waals surface area contributed by atoms with Crippen LogP contribution in [-0.2, 0) is 16.0 Å². The van der Waals surface area contributed by atoms with Crippen molar-refractivity contribution in [2.45, 2.75) is 45.3 Å². The van der Waals surface area contributed by atoms with Gasteiger partial charge in [-0.15, -0.1) is 0 Å². The Morgan fingerprint density at radius 2 is 2.17 bits per heavy atom. The van der Waals surface area contributed by atoms with E-state index < -0.39 is 0 Å². The molecule has 0 aromatic heterocycles. The van der Waals surface area contributed by atoms with Crippen molar-refractivity contribution in [3.05, 3.63) is 35.4 Å². The molecule has 2 N–H and O–H groups in total. The fourth-order valence-corrected chi connectivity index (χ4v) is 3.40. The van der Waals surface area contributed by atoms with Crippen LogP contribution in [-0.4, -0.2) is 69.4 Å². The highest BCUT2D eigenvalue weighted by molar-refractivity contribution is 5.94. The predicted octanol–water partition coefficient (Wildman–Crippen LogP) is 2.42. The van der Waals surface area contributed by atoms with E-state index in [0.29, 0.717) is 25.3 Å². The molecule has 1 amide bonds. The van der Waals surface area contributed by atoms with E-state index in [0.717, 1.165) is 56.6 Å². The van der Waals surface area contributed by atoms with Crippen molar-refractivity contribution < 1.29 is 14.3 Å². The first-order valence-corrected chi connectivity index (χ1v) is 11.2. The number of nitrogens with one attached hydrogen (secondary N) is 2. The van der Waals surface area contributed by atoms with Crippen LogP contribution < -0.4 is 10.6 Å². The second kappa shape index (κ2) is 11.9. The number of rotatable bonds is 11. The number of likely N-dealkylation sites (N-methyl/N-ethyl adjacent to an activating group) is 1. The van der Waals surface area contributed by atoms with Crippen LogP contribution in [0.25, 0.3) is 0 Å². The third-order valence-corrected chi connectivity index (χ3v) is 5.43. The number of aliphatic imine (C=N–C) groups is 1. The van der Waals surface area contributed by atoms with Crippen LogP contribution in [0.4, 0.5) is 0 Å². The van der Waals surface area contributed by atoms with Gasteiger partial charge in [0.25, 0.3) is 5.91 Å². The Hall–Kier alpha value is -2.12. The lowest BCUT2D eigenvalue weighted by molar-refractivity contribution is 0.0857. The van der Waals surface area contributed by atoms with Crippen molar-refractivity contribution in [2.75, 3.05) is 46.5 Å². The number of hydrogen-bond acceptors (Lipinski definition) is 4. The van der Waals surface area contributed by atoms with Gasteiger partial charge in [0.2, 0.25) is 0 Å². The molecule has 2 fully saturated rings. The minimum Gasteiger partial charge on any atom is -0.379 e. The summed E-state index contributed by atoms with van der Waals surface area (Å²) in [5.41, 5.74) is 1.67. The number of amides is 1. The molecule has 2 aliphatic rings. The number of guanidine groups is 1. The zero-order chi connectivity index (χ0) is 21.2. The summed E-state index contributed by atoms with van der Waals surface area (Å²) in [6, 6.07) is 7.67. The SMILES string of the molecule is CCNC(=NCc1cccc(C(=O)NCC2CCCO2)c1)N(C)CCOCC1CC1. The molecular weight excluding hydrogens is 380 g/mol. The van der Waals surface area contributed by atoms with E-state index in [4.69, 9.17) is 14.5 Å². The van der Waals surface area contributed by atoms with Gasteiger partial charge in [-0.2, -0.15) is 0 Å². The number of nitrogens with zero attached hydrogens (tertiary/aromatic N) is 2. The maximum atomic E-state index is 12.5. The second-order valence-electron chi connectivity index (χ2n) is 8.16. The largest absolute Gasteiger partial charge is 0.379 e. The van der Waals surface area contributed by atoms with Crippen molar-refractivity contribution in [3.63, 3.8) is 0 Å². The van der Waals surface area contributed by atoms with E-state index in [1.807, 2.05) is 31.3 Å². The van der Waals surface area contributed by atoms with Gasteiger partial charge in [0, 0.05) is 45.5 Å². The standard InChI is InChI=1S/C23H36N4O3/c1-3-24-23(27(2)11-13-29-17-18-9-10-18)26-15-19-6-4-7-20(14-19)22(28)25-16-21-8-5-12-30-21/h4,6-7,14,18,21H,3,5,8-13,15-17H2,1-2H3,(H,24,26)(H,25,28). The highest BCUT2D eigenvalue weighted by Crippen LogP contribution is 2.28. The second-order valence-corrected chi connectivity index (χ2v) is 8.16. The Balaban J connectivity index is 1.49. The Kier molecular flexibility index (Phi) is 8.96. The normalized spacial score (nSPS) is 19.0. The van der Waals surface area contributed by atoms with Crippen LogP contribution in [0.2, 0.25) is 0 Å². The summed E-state index contributed by atoms with van der Waals surface area (Å²) in [6.45, 7) is 7.13. The average Bonchev–Trinajstić information content (AvgIpc) is 3.44. The molecule has 1 saturated carbocycles. The number of ether oxygens (including phenoxy) is 2. The van der Waals surface area contributed by atoms with E-state index in [-0.39, 0.29) is 12.0 Å². The van der Waals surface area contributed by atoms with E-state index in [2.05, 4.69) is 22.5 Å². The van der Waals surface area contributed by atoms with Crippen molar-refractivity contribution in [2.24, 2.45) is 10.9 Å². The minimum atomic E-state index is -0.0619. The fraction of sp³-hybridized carbons (Fsp3) is 0.652. The summed E-state index contributed by atoms with van der Waals surface area (Å²) >= 11 is 0. The van der Waals surface area contributed by atoms with E-state index in [1.54, 1.807) is 0 Å². The highest BCUT2D eigenvalue weighted by atomic mass is 16.5. The molecule has 1 heterocycles. The molecule has 166 valence electrons. The molecule has 1 saturated heterocycles. The van der Waals surface area contributed by atoms with Gasteiger partial charge in [-0.1, -0.05) is 12.1 Å². The van der Waals surface area contributed by atoms with Crippen LogP contribution >= 0.6 is 0 Å². The summed E-state index contributed by atoms with van der Waals surface area (Å²) < 4.78 is 11.3. The van der Waals surface area contributed by atoms with Gasteiger partial charge in [0.1, 0.15) is 0 Å². The summed E-state index contributed by atoms with van der Waals surface area (Å²) in [5.74, 6) is 1.57. The number of carbonyl (C=O) groups excluding carboxylic acids is 1. The van der Waals surface area contributed by atoms with Gasteiger partial charge in [0.15, 0.2) is 5.96 Å². The molecule has 30 heavy (non-hydrogen) atoms. The number of hydrogen-bond donors (Lipinski definition) is 2. The van der Waals surface area contributed by atoms with Crippen LogP contribution in [0.15, 0.2) is 29.3 Å². The molecule has 1 atom stereocenters. The lowest BCUT2D eigenvalue weighted by Gasteiger charge is -2.22. The van der Waals surface area contributed by atoms with Gasteiger partial charge >= 0.3 is 0 Å². The Bertz CT molecular complexity index is 699. The van der Waals surface area contributed by atoms with Gasteiger partial charge in [-0.3, -0.25) is 4.79 Å². The Morgan fingerprint density at radius 1 is 1.30 bits per heavy atom. The fourth-order valence-electron chi connectivity index (χ4n) is 3.40. The lowest BCUT2D eigenvalue weighted by atomic mass is 10.1. The maximum Gasteiger partial charge on any atom is 0.251 e. The molecule has 0 radical (unpaired) electrons. The summed E-state index contributed by atoms with van der Waals surface area (Å²) in [4.78, 5) is 19.3. The van der Waals surface area contributed by atoms with Crippen molar-refractivity contribution in [1.82, 2.24) is 15.5 Å². The first-order valence-electron chi connectivity index (χ1n) is 11.2.